The molecule has 2 N–H and O–H groups in total. The molecule has 3 rings (SSSR count). The molecule has 0 aliphatic carbocycles. The molecule has 2 amide bonds. The number of hydrogen-bond acceptors (Lipinski definition) is 5. The van der Waals surface area contributed by atoms with E-state index in [-0.39, 0.29) is 11.8 Å². The first-order valence-corrected chi connectivity index (χ1v) is 10.0. The van der Waals surface area contributed by atoms with Gasteiger partial charge >= 0.3 is 0 Å². The van der Waals surface area contributed by atoms with Gasteiger partial charge < -0.3 is 15.5 Å². The number of aliphatic imine (C=N–C) groups is 1. The van der Waals surface area contributed by atoms with Crippen LogP contribution in [0.25, 0.3) is 0 Å². The Labute approximate surface area is 166 Å². The monoisotopic (exact) mass is 386 g/mol. The van der Waals surface area contributed by atoms with Gasteiger partial charge in [0.15, 0.2) is 5.96 Å². The average Bonchev–Trinajstić information content (AvgIpc) is 2.70. The first kappa shape index (κ1) is 20.1. The molecule has 2 aliphatic heterocycles. The van der Waals surface area contributed by atoms with Crippen LogP contribution >= 0.6 is 0 Å². The molecule has 2 aliphatic rings. The predicted octanol–water partition coefficient (Wildman–Crippen LogP) is 1.06. The van der Waals surface area contributed by atoms with Crippen molar-refractivity contribution >= 4 is 23.6 Å². The Hall–Kier alpha value is -2.64. The van der Waals surface area contributed by atoms with E-state index in [9.17, 15) is 9.59 Å². The van der Waals surface area contributed by atoms with Crippen molar-refractivity contribution in [3.63, 3.8) is 0 Å². The van der Waals surface area contributed by atoms with Crippen LogP contribution in [0.5, 0.6) is 0 Å². The first-order valence-electron chi connectivity index (χ1n) is 10.0. The summed E-state index contributed by atoms with van der Waals surface area (Å²) in [4.78, 5) is 36.2. The lowest BCUT2D eigenvalue weighted by atomic mass is 10.1. The van der Waals surface area contributed by atoms with E-state index in [1.54, 1.807) is 7.05 Å². The van der Waals surface area contributed by atoms with E-state index in [2.05, 4.69) is 37.6 Å². The molecule has 1 aromatic rings. The summed E-state index contributed by atoms with van der Waals surface area (Å²) >= 11 is 0. The molecule has 3 heterocycles. The number of carbonyl (C=O) groups excluding carboxylic acids is 2. The molecule has 28 heavy (non-hydrogen) atoms. The van der Waals surface area contributed by atoms with Crippen molar-refractivity contribution < 1.29 is 9.59 Å². The topological polar surface area (TPSA) is 89.9 Å². The van der Waals surface area contributed by atoms with E-state index >= 15 is 0 Å². The third-order valence-electron chi connectivity index (χ3n) is 5.29. The van der Waals surface area contributed by atoms with Crippen molar-refractivity contribution in [3.8, 4) is 0 Å². The number of aromatic nitrogens is 1. The van der Waals surface area contributed by atoms with E-state index in [0.717, 1.165) is 31.7 Å². The van der Waals surface area contributed by atoms with Crippen molar-refractivity contribution in [2.75, 3.05) is 38.1 Å². The van der Waals surface area contributed by atoms with Gasteiger partial charge in [0.1, 0.15) is 5.82 Å². The summed E-state index contributed by atoms with van der Waals surface area (Å²) in [5.74, 6) is 1.60. The molecule has 2 saturated heterocycles. The maximum Gasteiger partial charge on any atom is 0.229 e. The Balaban J connectivity index is 1.41. The van der Waals surface area contributed by atoms with Crippen LogP contribution in [-0.4, -0.2) is 66.9 Å². The molecule has 0 atom stereocenters. The molecule has 0 bridgehead atoms. The van der Waals surface area contributed by atoms with Gasteiger partial charge in [0.05, 0.1) is 0 Å². The van der Waals surface area contributed by atoms with Crippen molar-refractivity contribution in [3.05, 3.63) is 23.9 Å². The number of nitrogens with zero attached hydrogens (tertiary/aromatic N) is 4. The number of hydrogen-bond donors (Lipinski definition) is 2. The molecular formula is C20H30N6O2. The third kappa shape index (κ3) is 5.21. The van der Waals surface area contributed by atoms with Gasteiger partial charge in [0, 0.05) is 58.3 Å². The number of carbonyl (C=O) groups is 2. The van der Waals surface area contributed by atoms with Crippen LogP contribution in [0.3, 0.4) is 0 Å². The summed E-state index contributed by atoms with van der Waals surface area (Å²) in [5, 5.41) is 6.67. The number of amides is 2. The third-order valence-corrected chi connectivity index (χ3v) is 5.29. The lowest BCUT2D eigenvalue weighted by molar-refractivity contribution is -0.147. The summed E-state index contributed by atoms with van der Waals surface area (Å²) in [6.45, 7) is 4.82. The zero-order valence-electron chi connectivity index (χ0n) is 16.8. The summed E-state index contributed by atoms with van der Waals surface area (Å²) in [5.41, 5.74) is 1.17. The standard InChI is InChI=1S/C20H30N6O2/c1-15-6-7-17(23-14-15)25-11-8-16(9-12-25)24-20(21-2)22-10-13-26-18(27)4-3-5-19(26)28/h6-7,14,16H,3-5,8-13H2,1-2H3,(H2,21,22,24). The molecular weight excluding hydrogens is 356 g/mol. The Bertz CT molecular complexity index is 694. The molecule has 0 unspecified atom stereocenters. The van der Waals surface area contributed by atoms with Crippen LogP contribution in [0.2, 0.25) is 0 Å². The first-order chi connectivity index (χ1) is 13.6. The van der Waals surface area contributed by atoms with Crippen LogP contribution in [-0.2, 0) is 9.59 Å². The Kier molecular flexibility index (Phi) is 6.84. The molecule has 0 radical (unpaired) electrons. The van der Waals surface area contributed by atoms with E-state index in [4.69, 9.17) is 0 Å². The van der Waals surface area contributed by atoms with E-state index in [0.29, 0.717) is 44.4 Å². The van der Waals surface area contributed by atoms with E-state index in [1.807, 2.05) is 13.1 Å². The van der Waals surface area contributed by atoms with Gasteiger partial charge in [-0.3, -0.25) is 19.5 Å². The fraction of sp³-hybridized carbons (Fsp3) is 0.600. The quantitative estimate of drug-likeness (QED) is 0.447. The minimum absolute atomic E-state index is 0.0712. The number of imide groups is 1. The number of nitrogens with one attached hydrogen (secondary N) is 2. The maximum absolute atomic E-state index is 11.9. The van der Waals surface area contributed by atoms with Gasteiger partial charge in [0.25, 0.3) is 0 Å². The molecule has 152 valence electrons. The van der Waals surface area contributed by atoms with Crippen LogP contribution in [0, 0.1) is 6.92 Å². The molecule has 0 spiro atoms. The maximum atomic E-state index is 11.9. The lowest BCUT2D eigenvalue weighted by Crippen LogP contribution is -2.51. The largest absolute Gasteiger partial charge is 0.356 e. The number of pyridine rings is 1. The number of rotatable bonds is 5. The van der Waals surface area contributed by atoms with Crippen LogP contribution < -0.4 is 15.5 Å². The van der Waals surface area contributed by atoms with Crippen molar-refractivity contribution in [1.82, 2.24) is 20.5 Å². The number of guanidine groups is 1. The second-order valence-electron chi connectivity index (χ2n) is 7.39. The minimum Gasteiger partial charge on any atom is -0.356 e. The molecule has 1 aromatic heterocycles. The molecule has 8 heteroatoms. The number of likely N-dealkylation sites (tertiary alicyclic amines) is 1. The average molecular weight is 387 g/mol. The Morgan fingerprint density at radius 1 is 1.21 bits per heavy atom. The highest BCUT2D eigenvalue weighted by molar-refractivity contribution is 5.97. The Morgan fingerprint density at radius 2 is 1.93 bits per heavy atom. The van der Waals surface area contributed by atoms with Crippen LogP contribution in [0.15, 0.2) is 23.3 Å². The van der Waals surface area contributed by atoms with Crippen LogP contribution in [0.1, 0.15) is 37.7 Å². The van der Waals surface area contributed by atoms with Gasteiger partial charge in [-0.15, -0.1) is 0 Å². The second-order valence-corrected chi connectivity index (χ2v) is 7.39. The smallest absolute Gasteiger partial charge is 0.229 e. The van der Waals surface area contributed by atoms with Gasteiger partial charge in [-0.25, -0.2) is 4.98 Å². The van der Waals surface area contributed by atoms with Crippen molar-refractivity contribution in [2.45, 2.75) is 45.1 Å². The van der Waals surface area contributed by atoms with E-state index < -0.39 is 0 Å². The highest BCUT2D eigenvalue weighted by Gasteiger charge is 2.25. The number of anilines is 1. The molecule has 0 saturated carbocycles. The summed E-state index contributed by atoms with van der Waals surface area (Å²) in [7, 11) is 1.73. The SMILES string of the molecule is CN=C(NCCN1C(=O)CCCC1=O)NC1CCN(c2ccc(C)cn2)CC1. The minimum atomic E-state index is -0.0712. The summed E-state index contributed by atoms with van der Waals surface area (Å²) < 4.78 is 0. The summed E-state index contributed by atoms with van der Waals surface area (Å²) in [6, 6.07) is 4.51. The molecule has 8 nitrogen and oxygen atoms in total. The predicted molar refractivity (Wildman–Crippen MR) is 109 cm³/mol. The Morgan fingerprint density at radius 3 is 2.54 bits per heavy atom. The number of aryl methyl sites for hydroxylation is 1. The summed E-state index contributed by atoms with van der Waals surface area (Å²) in [6.07, 6.45) is 5.50. The lowest BCUT2D eigenvalue weighted by Gasteiger charge is -2.34. The molecule has 0 aromatic carbocycles. The fourth-order valence-corrected chi connectivity index (χ4v) is 3.62. The van der Waals surface area contributed by atoms with Gasteiger partial charge in [0.2, 0.25) is 11.8 Å². The number of piperidine rings is 2. The molecule has 2 fully saturated rings. The van der Waals surface area contributed by atoms with Gasteiger partial charge in [-0.05, 0) is 37.8 Å². The van der Waals surface area contributed by atoms with Crippen molar-refractivity contribution in [1.29, 1.82) is 0 Å². The second kappa shape index (κ2) is 9.52. The normalized spacial score (nSPS) is 19.1. The van der Waals surface area contributed by atoms with Crippen LogP contribution in [0.4, 0.5) is 5.82 Å². The zero-order valence-corrected chi connectivity index (χ0v) is 16.8. The highest BCUT2D eigenvalue weighted by Crippen LogP contribution is 2.18. The van der Waals surface area contributed by atoms with Gasteiger partial charge in [-0.1, -0.05) is 6.07 Å². The fourth-order valence-electron chi connectivity index (χ4n) is 3.62. The zero-order chi connectivity index (χ0) is 19.9. The highest BCUT2D eigenvalue weighted by atomic mass is 16.2. The van der Waals surface area contributed by atoms with Gasteiger partial charge in [-0.2, -0.15) is 0 Å². The van der Waals surface area contributed by atoms with Crippen molar-refractivity contribution in [2.24, 2.45) is 4.99 Å². The van der Waals surface area contributed by atoms with E-state index in [1.165, 1.54) is 10.5 Å².